The lowest BCUT2D eigenvalue weighted by atomic mass is 9.44. The summed E-state index contributed by atoms with van der Waals surface area (Å²) in [5.41, 5.74) is 7.05. The molecule has 0 bridgehead atoms. The van der Waals surface area contributed by atoms with Gasteiger partial charge in [-0.05, 0) is 339 Å². The summed E-state index contributed by atoms with van der Waals surface area (Å²) in [6.45, 7) is 35.5. The second kappa shape index (κ2) is 23.8. The highest BCUT2D eigenvalue weighted by atomic mass is 16.6. The zero-order valence-corrected chi connectivity index (χ0v) is 54.5. The highest BCUT2D eigenvalue weighted by molar-refractivity contribution is 5.88. The van der Waals surface area contributed by atoms with E-state index in [1.54, 1.807) is 0 Å². The molecule has 12 rings (SSSR count). The standard InChI is InChI=1S/C25H43NO.C24H41NO2.C24H41NO/c1-6-23(26-16(2)3)22-10-9-20-19-8-7-17-15-18(27)11-13-24(17,4)21(19)12-14-25(20,22)5;1-15(2)27-25-16(3)20-8-9-21-19-7-6-17-14-18(26)10-12-23(17,4)22(19)11-13-24(20,21)5;1-15(2)25-16(3)20-8-9-21-19-7-6-17-14-18(26)10-12-23(17,4)22(19)11-13-24(20,21)5/h16-22,27H,6-15H2,1-5H3;15,17-22,26H,6-14H2,1-5H3;15,17-22,26H,6-14H2,1-5H3/b;25-16+;/t17-,18+,19-,20-,21-,22+,24-,25-;17-,18-,19-,20+,21-,22-,23-,24+;17-,18+,19+,20-,21+,22+,23+,24-/m001/s1. The van der Waals surface area contributed by atoms with E-state index in [1.807, 2.05) is 0 Å². The van der Waals surface area contributed by atoms with Gasteiger partial charge in [-0.3, -0.25) is 9.98 Å². The summed E-state index contributed by atoms with van der Waals surface area (Å²) in [6.07, 6.45) is 36.3. The highest BCUT2D eigenvalue weighted by Crippen LogP contribution is 2.71. The zero-order chi connectivity index (χ0) is 57.5. The number of hydrogen-bond acceptors (Lipinski definition) is 7. The molecule has 0 radical (unpaired) electrons. The van der Waals surface area contributed by atoms with Gasteiger partial charge in [-0.25, -0.2) is 0 Å². The van der Waals surface area contributed by atoms with E-state index in [0.717, 1.165) is 128 Å². The predicted octanol–water partition coefficient (Wildman–Crippen LogP) is 17.9. The Bertz CT molecular complexity index is 2220. The first-order chi connectivity index (χ1) is 37.8. The molecule has 0 aromatic rings. The summed E-state index contributed by atoms with van der Waals surface area (Å²) in [4.78, 5) is 15.7. The van der Waals surface area contributed by atoms with Gasteiger partial charge in [-0.2, -0.15) is 0 Å². The van der Waals surface area contributed by atoms with Crippen molar-refractivity contribution < 1.29 is 20.2 Å². The van der Waals surface area contributed by atoms with Gasteiger partial charge < -0.3 is 20.2 Å². The van der Waals surface area contributed by atoms with Crippen LogP contribution in [0.1, 0.15) is 284 Å². The third-order valence-electron chi connectivity index (χ3n) is 29.0. The first-order valence-electron chi connectivity index (χ1n) is 35.2. The van der Waals surface area contributed by atoms with Crippen molar-refractivity contribution >= 4 is 17.1 Å². The van der Waals surface area contributed by atoms with Crippen LogP contribution < -0.4 is 0 Å². The predicted molar refractivity (Wildman–Crippen MR) is 334 cm³/mol. The lowest BCUT2D eigenvalue weighted by molar-refractivity contribution is -0.123. The molecule has 7 nitrogen and oxygen atoms in total. The van der Waals surface area contributed by atoms with Crippen LogP contribution in [0.25, 0.3) is 0 Å². The van der Waals surface area contributed by atoms with Gasteiger partial charge in [0.05, 0.1) is 24.0 Å². The van der Waals surface area contributed by atoms with Crippen molar-refractivity contribution in [2.24, 2.45) is 136 Å². The van der Waals surface area contributed by atoms with Crippen LogP contribution in [0.4, 0.5) is 0 Å². The Morgan fingerprint density at radius 3 is 1.07 bits per heavy atom. The minimum Gasteiger partial charge on any atom is -0.393 e. The van der Waals surface area contributed by atoms with E-state index in [2.05, 4.69) is 109 Å². The van der Waals surface area contributed by atoms with Crippen LogP contribution in [0.2, 0.25) is 0 Å². The summed E-state index contributed by atoms with van der Waals surface area (Å²) >= 11 is 0. The molecule has 0 aromatic heterocycles. The number of fused-ring (bicyclic) bond motifs is 15. The third-order valence-corrected chi connectivity index (χ3v) is 29.0. The van der Waals surface area contributed by atoms with E-state index >= 15 is 0 Å². The van der Waals surface area contributed by atoms with E-state index in [1.165, 1.54) is 152 Å². The van der Waals surface area contributed by atoms with Crippen LogP contribution >= 0.6 is 0 Å². The summed E-state index contributed by atoms with van der Waals surface area (Å²) in [5, 5.41) is 35.2. The van der Waals surface area contributed by atoms with Gasteiger partial charge in [0.1, 0.15) is 6.10 Å². The van der Waals surface area contributed by atoms with E-state index in [0.29, 0.717) is 50.5 Å². The maximum absolute atomic E-state index is 10.2. The van der Waals surface area contributed by atoms with Gasteiger partial charge in [-0.15, -0.1) is 0 Å². The van der Waals surface area contributed by atoms with Gasteiger partial charge in [0.25, 0.3) is 0 Å². The maximum Gasteiger partial charge on any atom is 0.122 e. The Kier molecular flexibility index (Phi) is 18.3. The molecule has 0 unspecified atom stereocenters. The molecule has 0 amide bonds. The Balaban J connectivity index is 0.000000135. The van der Waals surface area contributed by atoms with E-state index in [9.17, 15) is 15.3 Å². The Labute approximate surface area is 491 Å². The topological polar surface area (TPSA) is 107 Å². The minimum absolute atomic E-state index is 0.0239. The molecule has 24 atom stereocenters. The Morgan fingerprint density at radius 2 is 0.725 bits per heavy atom. The molecule has 80 heavy (non-hydrogen) atoms. The lowest BCUT2D eigenvalue weighted by Crippen LogP contribution is -2.54. The van der Waals surface area contributed by atoms with E-state index in [-0.39, 0.29) is 24.4 Å². The largest absolute Gasteiger partial charge is 0.393 e. The monoisotopic (exact) mass is 1110 g/mol. The van der Waals surface area contributed by atoms with Gasteiger partial charge in [0.2, 0.25) is 0 Å². The van der Waals surface area contributed by atoms with E-state index in [4.69, 9.17) is 14.8 Å². The van der Waals surface area contributed by atoms with Crippen LogP contribution in [0, 0.1) is 121 Å². The zero-order valence-electron chi connectivity index (χ0n) is 54.5. The number of aliphatic hydroxyl groups excluding tert-OH is 3. The third kappa shape index (κ3) is 11.0. The Hall–Kier alpha value is -1.31. The molecule has 0 aromatic carbocycles. The second-order valence-electron chi connectivity index (χ2n) is 33.6. The van der Waals surface area contributed by atoms with Crippen molar-refractivity contribution in [1.29, 1.82) is 0 Å². The quantitative estimate of drug-likeness (QED) is 0.166. The van der Waals surface area contributed by atoms with Crippen LogP contribution in [-0.2, 0) is 4.84 Å². The number of oxime groups is 1. The van der Waals surface area contributed by atoms with Gasteiger partial charge in [0, 0.05) is 41.3 Å². The van der Waals surface area contributed by atoms with Crippen LogP contribution in [0.5, 0.6) is 0 Å². The van der Waals surface area contributed by atoms with Crippen molar-refractivity contribution in [2.75, 3.05) is 0 Å². The molecule has 456 valence electrons. The molecule has 12 aliphatic carbocycles. The highest BCUT2D eigenvalue weighted by Gasteiger charge is 2.64. The number of aliphatic imine (C=N–C) groups is 2. The minimum atomic E-state index is -0.0378. The Morgan fingerprint density at radius 1 is 0.400 bits per heavy atom. The molecule has 0 spiro atoms. The molecule has 0 saturated heterocycles. The average molecular weight is 1110 g/mol. The molecule has 0 aliphatic heterocycles. The number of rotatable bonds is 8. The van der Waals surface area contributed by atoms with Crippen molar-refractivity contribution in [2.45, 2.75) is 320 Å². The molecule has 3 N–H and O–H groups in total. The van der Waals surface area contributed by atoms with Crippen LogP contribution in [0.15, 0.2) is 15.1 Å². The number of hydrogen-bond donors (Lipinski definition) is 3. The molecule has 7 heteroatoms. The molecule has 0 heterocycles. The van der Waals surface area contributed by atoms with Crippen molar-refractivity contribution in [1.82, 2.24) is 0 Å². The first-order valence-corrected chi connectivity index (χ1v) is 35.2. The van der Waals surface area contributed by atoms with Crippen LogP contribution in [-0.4, -0.2) is 69.0 Å². The summed E-state index contributed by atoms with van der Waals surface area (Å²) in [6, 6.07) is 0.860. The summed E-state index contributed by atoms with van der Waals surface area (Å²) in [7, 11) is 0. The molecule has 12 saturated carbocycles. The molecular weight excluding hydrogens is 983 g/mol. The fraction of sp³-hybridized carbons (Fsp3) is 0.959. The lowest BCUT2D eigenvalue weighted by Gasteiger charge is -2.61. The van der Waals surface area contributed by atoms with Crippen molar-refractivity contribution in [3.63, 3.8) is 0 Å². The number of nitrogens with zero attached hydrogens (tertiary/aromatic N) is 3. The maximum atomic E-state index is 10.2. The molecule has 12 aliphatic rings. The van der Waals surface area contributed by atoms with Gasteiger partial charge in [-0.1, -0.05) is 53.6 Å². The van der Waals surface area contributed by atoms with Crippen molar-refractivity contribution in [3.05, 3.63) is 0 Å². The normalized spacial score (nSPS) is 50.7. The van der Waals surface area contributed by atoms with Gasteiger partial charge in [0.15, 0.2) is 0 Å². The molecular formula is C73H125N3O4. The van der Waals surface area contributed by atoms with Crippen LogP contribution in [0.3, 0.4) is 0 Å². The fourth-order valence-electron chi connectivity index (χ4n) is 25.1. The van der Waals surface area contributed by atoms with Crippen molar-refractivity contribution in [3.8, 4) is 0 Å². The first kappa shape index (κ1) is 61.8. The summed E-state index contributed by atoms with van der Waals surface area (Å²) in [5.74, 6) is 12.5. The second-order valence-corrected chi connectivity index (χ2v) is 33.6. The average Bonchev–Trinajstić information content (AvgIpc) is 4.09. The number of aliphatic hydroxyl groups is 3. The fourth-order valence-corrected chi connectivity index (χ4v) is 25.1. The summed E-state index contributed by atoms with van der Waals surface area (Å²) < 4.78 is 0. The van der Waals surface area contributed by atoms with E-state index < -0.39 is 0 Å². The smallest absolute Gasteiger partial charge is 0.122 e. The molecule has 12 fully saturated rings. The SMILES string of the molecule is C/C(=N\OC(C)C)[C@H]1CC[C@H]2[C@@H]3CC[C@H]4C[C@@H](O)CC[C@]4(C)[C@H]3CC[C@]12C.CC(=NC(C)C)[C@H]1CC[C@H]2[C@@H]3CC[C@@H]4C[C@@H](O)CC[C@]4(C)[C@H]3CC[C@]12C.CCC(=NC(C)C)[C@H]1CC[C@H]2[C@@H]3CC[C@H]4C[C@H](O)CC[C@]4(C)[C@H]3CC[C@]12C. The van der Waals surface area contributed by atoms with Gasteiger partial charge >= 0.3 is 0 Å².